The first kappa shape index (κ1) is 16.7. The van der Waals surface area contributed by atoms with Crippen molar-refractivity contribution in [2.24, 2.45) is 5.92 Å². The van der Waals surface area contributed by atoms with Crippen LogP contribution in [0.4, 0.5) is 0 Å². The van der Waals surface area contributed by atoms with Gasteiger partial charge in [0.25, 0.3) is 0 Å². The number of hydrogen-bond acceptors (Lipinski definition) is 1. The number of rotatable bonds is 6. The zero-order chi connectivity index (χ0) is 16.2. The molecule has 0 amide bonds. The summed E-state index contributed by atoms with van der Waals surface area (Å²) in [4.78, 5) is 12.4. The van der Waals surface area contributed by atoms with Gasteiger partial charge in [-0.3, -0.25) is 4.79 Å². The summed E-state index contributed by atoms with van der Waals surface area (Å²) < 4.78 is 0. The maximum absolute atomic E-state index is 12.4. The van der Waals surface area contributed by atoms with E-state index in [0.29, 0.717) is 17.7 Å². The Kier molecular flexibility index (Phi) is 5.36. The molecule has 2 heteroatoms. The summed E-state index contributed by atoms with van der Waals surface area (Å²) in [6, 6.07) is 21.3. The largest absolute Gasteiger partial charge is 0.299 e. The molecule has 0 aliphatic heterocycles. The Morgan fingerprint density at radius 1 is 0.909 bits per heavy atom. The van der Waals surface area contributed by atoms with E-state index >= 15 is 0 Å². The first-order valence-electron chi connectivity index (χ1n) is 8.06. The maximum atomic E-state index is 12.4. The van der Waals surface area contributed by atoms with Gasteiger partial charge in [-0.05, 0) is 11.1 Å². The molecule has 1 atom stereocenters. The molecule has 0 saturated heterocycles. The monoisotopic (exact) mass is 310 g/mol. The summed E-state index contributed by atoms with van der Waals surface area (Å²) in [5.41, 5.74) is 1.63. The van der Waals surface area contributed by atoms with Gasteiger partial charge in [-0.15, -0.1) is 0 Å². The normalized spacial score (nSPS) is 13.1. The molecule has 0 aliphatic rings. The molecule has 0 aliphatic carbocycles. The molecule has 0 aromatic heterocycles. The van der Waals surface area contributed by atoms with E-state index in [1.165, 1.54) is 10.8 Å². The lowest BCUT2D eigenvalue weighted by Gasteiger charge is -2.33. The number of hydrogen-bond donors (Lipinski definition) is 0. The molecule has 1 unspecified atom stereocenters. The molecule has 0 spiro atoms. The van der Waals surface area contributed by atoms with E-state index in [1.807, 2.05) is 19.9 Å². The number of Topliss-reactive ketones (excluding diaryl/α,β-unsaturated/α-hetero) is 1. The van der Waals surface area contributed by atoms with Gasteiger partial charge in [0.05, 0.1) is 8.07 Å². The van der Waals surface area contributed by atoms with Gasteiger partial charge < -0.3 is 0 Å². The van der Waals surface area contributed by atoms with Crippen LogP contribution in [0.15, 0.2) is 60.7 Å². The van der Waals surface area contributed by atoms with Gasteiger partial charge in [-0.2, -0.15) is 0 Å². The van der Waals surface area contributed by atoms with E-state index in [2.05, 4.69) is 67.7 Å². The lowest BCUT2D eigenvalue weighted by Crippen LogP contribution is -2.48. The van der Waals surface area contributed by atoms with Gasteiger partial charge in [-0.25, -0.2) is 0 Å². The highest BCUT2D eigenvalue weighted by Crippen LogP contribution is 2.31. The van der Waals surface area contributed by atoms with Crippen molar-refractivity contribution in [3.63, 3.8) is 0 Å². The number of carbonyl (C=O) groups is 1. The highest BCUT2D eigenvalue weighted by Gasteiger charge is 2.36. The SMILES string of the molecule is CC(C)C(=O)CC(c1ccccc1)[Si](C)(C)c1ccccc1. The van der Waals surface area contributed by atoms with Crippen molar-refractivity contribution < 1.29 is 4.79 Å². The van der Waals surface area contributed by atoms with E-state index in [4.69, 9.17) is 0 Å². The molecule has 0 fully saturated rings. The van der Waals surface area contributed by atoms with Crippen LogP contribution < -0.4 is 5.19 Å². The average molecular weight is 311 g/mol. The van der Waals surface area contributed by atoms with Gasteiger partial charge in [0.1, 0.15) is 5.78 Å². The number of carbonyl (C=O) groups excluding carboxylic acids is 1. The minimum atomic E-state index is -1.78. The van der Waals surface area contributed by atoms with Crippen molar-refractivity contribution in [2.45, 2.75) is 38.9 Å². The van der Waals surface area contributed by atoms with Gasteiger partial charge in [0.15, 0.2) is 0 Å². The predicted molar refractivity (Wildman–Crippen MR) is 97.2 cm³/mol. The Hall–Kier alpha value is -1.67. The third-order valence-corrected chi connectivity index (χ3v) is 8.74. The van der Waals surface area contributed by atoms with Crippen molar-refractivity contribution in [1.29, 1.82) is 0 Å². The van der Waals surface area contributed by atoms with E-state index in [-0.39, 0.29) is 5.92 Å². The molecular weight excluding hydrogens is 284 g/mol. The standard InChI is InChI=1S/C20H26OSi/c1-16(2)19(21)15-20(17-11-7-5-8-12-17)22(3,4)18-13-9-6-10-14-18/h5-14,16,20H,15H2,1-4H3. The number of benzene rings is 2. The topological polar surface area (TPSA) is 17.1 Å². The van der Waals surface area contributed by atoms with Crippen LogP contribution >= 0.6 is 0 Å². The van der Waals surface area contributed by atoms with Crippen LogP contribution in [-0.2, 0) is 4.79 Å². The predicted octanol–water partition coefficient (Wildman–Crippen LogP) is 4.54. The third kappa shape index (κ3) is 3.75. The van der Waals surface area contributed by atoms with Crippen LogP contribution in [0, 0.1) is 5.92 Å². The van der Waals surface area contributed by atoms with Crippen molar-refractivity contribution >= 4 is 19.0 Å². The zero-order valence-electron chi connectivity index (χ0n) is 14.0. The fourth-order valence-electron chi connectivity index (χ4n) is 2.98. The minimum Gasteiger partial charge on any atom is -0.299 e. The van der Waals surface area contributed by atoms with Crippen LogP contribution in [-0.4, -0.2) is 13.9 Å². The Morgan fingerprint density at radius 3 is 1.91 bits per heavy atom. The molecule has 0 saturated carbocycles. The first-order valence-corrected chi connectivity index (χ1v) is 11.1. The van der Waals surface area contributed by atoms with Crippen molar-refractivity contribution in [3.05, 3.63) is 66.2 Å². The Labute approximate surface area is 135 Å². The lowest BCUT2D eigenvalue weighted by atomic mass is 10.0. The van der Waals surface area contributed by atoms with Crippen molar-refractivity contribution in [3.8, 4) is 0 Å². The second-order valence-electron chi connectivity index (χ2n) is 6.88. The molecule has 0 bridgehead atoms. The Morgan fingerprint density at radius 2 is 1.41 bits per heavy atom. The second-order valence-corrected chi connectivity index (χ2v) is 11.6. The van der Waals surface area contributed by atoms with Crippen LogP contribution in [0.25, 0.3) is 0 Å². The highest BCUT2D eigenvalue weighted by molar-refractivity contribution is 6.91. The molecule has 2 rings (SSSR count). The first-order chi connectivity index (χ1) is 10.4. The minimum absolute atomic E-state index is 0.104. The van der Waals surface area contributed by atoms with Crippen molar-refractivity contribution in [1.82, 2.24) is 0 Å². The Balaban J connectivity index is 2.42. The summed E-state index contributed by atoms with van der Waals surface area (Å²) in [5, 5.41) is 1.42. The van der Waals surface area contributed by atoms with Crippen molar-refractivity contribution in [2.75, 3.05) is 0 Å². The molecule has 2 aromatic rings. The lowest BCUT2D eigenvalue weighted by molar-refractivity contribution is -0.121. The smallest absolute Gasteiger partial charge is 0.135 e. The van der Waals surface area contributed by atoms with E-state index in [1.54, 1.807) is 0 Å². The summed E-state index contributed by atoms with van der Waals surface area (Å²) >= 11 is 0. The average Bonchev–Trinajstić information content (AvgIpc) is 2.53. The van der Waals surface area contributed by atoms with E-state index in [0.717, 1.165) is 0 Å². The van der Waals surface area contributed by atoms with Crippen LogP contribution in [0.2, 0.25) is 13.1 Å². The fraction of sp³-hybridized carbons (Fsp3) is 0.350. The molecule has 2 aromatic carbocycles. The second kappa shape index (κ2) is 7.06. The number of ketones is 1. The molecule has 22 heavy (non-hydrogen) atoms. The summed E-state index contributed by atoms with van der Waals surface area (Å²) in [6.45, 7) is 8.77. The van der Waals surface area contributed by atoms with Gasteiger partial charge in [-0.1, -0.05) is 92.8 Å². The molecular formula is C20H26OSi. The Bertz CT molecular complexity index is 602. The highest BCUT2D eigenvalue weighted by atomic mass is 28.3. The molecule has 0 radical (unpaired) electrons. The summed E-state index contributed by atoms with van der Waals surface area (Å²) in [6.07, 6.45) is 0.649. The van der Waals surface area contributed by atoms with E-state index < -0.39 is 8.07 Å². The summed E-state index contributed by atoms with van der Waals surface area (Å²) in [5.74, 6) is 0.470. The third-order valence-electron chi connectivity index (χ3n) is 4.64. The summed E-state index contributed by atoms with van der Waals surface area (Å²) in [7, 11) is -1.78. The molecule has 0 N–H and O–H groups in total. The molecule has 0 heterocycles. The quantitative estimate of drug-likeness (QED) is 0.716. The van der Waals surface area contributed by atoms with Crippen LogP contribution in [0.5, 0.6) is 0 Å². The molecule has 116 valence electrons. The van der Waals surface area contributed by atoms with Gasteiger partial charge in [0.2, 0.25) is 0 Å². The van der Waals surface area contributed by atoms with E-state index in [9.17, 15) is 4.79 Å². The van der Waals surface area contributed by atoms with Gasteiger partial charge in [0, 0.05) is 12.3 Å². The van der Waals surface area contributed by atoms with Crippen LogP contribution in [0.1, 0.15) is 31.4 Å². The van der Waals surface area contributed by atoms with Gasteiger partial charge >= 0.3 is 0 Å². The fourth-order valence-corrected chi connectivity index (χ4v) is 6.17. The maximum Gasteiger partial charge on any atom is 0.135 e. The van der Waals surface area contributed by atoms with Crippen LogP contribution in [0.3, 0.4) is 0 Å². The molecule has 1 nitrogen and oxygen atoms in total. The zero-order valence-corrected chi connectivity index (χ0v) is 15.0.